The highest BCUT2D eigenvalue weighted by Crippen LogP contribution is 2.13. The fraction of sp³-hybridized carbons (Fsp3) is 0.750. The molecule has 7 heteroatoms. The molecule has 2 N–H and O–H groups in total. The van der Waals surface area contributed by atoms with E-state index in [1.807, 2.05) is 18.7 Å². The number of hydrogen-bond donors (Lipinski definition) is 2. The van der Waals surface area contributed by atoms with Gasteiger partial charge in [0.05, 0.1) is 6.61 Å². The Bertz CT molecular complexity index is 377. The van der Waals surface area contributed by atoms with E-state index < -0.39 is 0 Å². The third-order valence-corrected chi connectivity index (χ3v) is 3.32. The van der Waals surface area contributed by atoms with E-state index in [2.05, 4.69) is 39.4 Å². The number of rotatable bonds is 9. The first kappa shape index (κ1) is 15.8. The van der Waals surface area contributed by atoms with Crippen molar-refractivity contribution in [1.29, 1.82) is 0 Å². The molecule has 6 nitrogen and oxygen atoms in total. The fourth-order valence-corrected chi connectivity index (χ4v) is 2.23. The predicted octanol–water partition coefficient (Wildman–Crippen LogP) is 2.26. The van der Waals surface area contributed by atoms with Gasteiger partial charge in [0.15, 0.2) is 0 Å². The van der Waals surface area contributed by atoms with Gasteiger partial charge in [-0.15, -0.1) is 0 Å². The lowest BCUT2D eigenvalue weighted by molar-refractivity contribution is 0.312. The Labute approximate surface area is 119 Å². The van der Waals surface area contributed by atoms with Gasteiger partial charge >= 0.3 is 6.01 Å². The summed E-state index contributed by atoms with van der Waals surface area (Å²) in [6.45, 7) is 6.73. The summed E-state index contributed by atoms with van der Waals surface area (Å²) in [5.74, 6) is 3.34. The zero-order chi connectivity index (χ0) is 14.1. The van der Waals surface area contributed by atoms with Crippen molar-refractivity contribution in [3.8, 4) is 6.01 Å². The smallest absolute Gasteiger partial charge is 0.323 e. The summed E-state index contributed by atoms with van der Waals surface area (Å²) in [6.07, 6.45) is 1.07. The van der Waals surface area contributed by atoms with Crippen LogP contribution in [0.25, 0.3) is 0 Å². The molecular formula is C12H23N5OS. The number of aromatic nitrogens is 3. The van der Waals surface area contributed by atoms with E-state index in [4.69, 9.17) is 4.74 Å². The zero-order valence-electron chi connectivity index (χ0n) is 12.1. The Morgan fingerprint density at radius 3 is 2.58 bits per heavy atom. The number of hydrogen-bond acceptors (Lipinski definition) is 7. The number of anilines is 2. The summed E-state index contributed by atoms with van der Waals surface area (Å²) in [6, 6.07) is 0.667. The average molecular weight is 285 g/mol. The SMILES string of the molecule is CCOc1nc(NC)nc(NC(C)CCSCC)n1. The van der Waals surface area contributed by atoms with Gasteiger partial charge in [0.2, 0.25) is 11.9 Å². The topological polar surface area (TPSA) is 72.0 Å². The van der Waals surface area contributed by atoms with Crippen molar-refractivity contribution in [2.45, 2.75) is 33.2 Å². The number of thioether (sulfide) groups is 1. The van der Waals surface area contributed by atoms with Crippen LogP contribution in [0.15, 0.2) is 0 Å². The maximum Gasteiger partial charge on any atom is 0.323 e. The van der Waals surface area contributed by atoms with Crippen LogP contribution in [0.1, 0.15) is 27.2 Å². The molecule has 0 fully saturated rings. The van der Waals surface area contributed by atoms with E-state index in [-0.39, 0.29) is 0 Å². The molecule has 0 saturated carbocycles. The minimum atomic E-state index is 0.320. The van der Waals surface area contributed by atoms with Gasteiger partial charge in [-0.2, -0.15) is 26.7 Å². The molecule has 0 bridgehead atoms. The first-order valence-electron chi connectivity index (χ1n) is 6.60. The lowest BCUT2D eigenvalue weighted by atomic mass is 10.3. The maximum atomic E-state index is 5.32. The van der Waals surface area contributed by atoms with Crippen LogP contribution in [-0.4, -0.2) is 46.2 Å². The van der Waals surface area contributed by atoms with Gasteiger partial charge in [0.1, 0.15) is 0 Å². The maximum absolute atomic E-state index is 5.32. The van der Waals surface area contributed by atoms with Gasteiger partial charge in [-0.1, -0.05) is 6.92 Å². The molecule has 0 radical (unpaired) electrons. The molecule has 19 heavy (non-hydrogen) atoms. The molecule has 0 saturated heterocycles. The molecule has 0 amide bonds. The standard InChI is InChI=1S/C12H23N5OS/c1-5-18-12-16-10(13-4)15-11(17-12)14-9(3)7-8-19-6-2/h9H,5-8H2,1-4H3,(H2,13,14,15,16,17). The van der Waals surface area contributed by atoms with E-state index >= 15 is 0 Å². The lowest BCUT2D eigenvalue weighted by Crippen LogP contribution is -2.19. The molecule has 108 valence electrons. The van der Waals surface area contributed by atoms with Gasteiger partial charge in [-0.25, -0.2) is 0 Å². The van der Waals surface area contributed by atoms with E-state index in [1.54, 1.807) is 7.05 Å². The first-order valence-corrected chi connectivity index (χ1v) is 7.75. The summed E-state index contributed by atoms with van der Waals surface area (Å²) in [7, 11) is 1.77. The third kappa shape index (κ3) is 5.96. The van der Waals surface area contributed by atoms with Crippen LogP contribution in [0.3, 0.4) is 0 Å². The predicted molar refractivity (Wildman–Crippen MR) is 81.2 cm³/mol. The molecule has 1 heterocycles. The van der Waals surface area contributed by atoms with E-state index in [9.17, 15) is 0 Å². The van der Waals surface area contributed by atoms with E-state index in [0.29, 0.717) is 30.6 Å². The molecule has 1 rings (SSSR count). The number of nitrogens with zero attached hydrogens (tertiary/aromatic N) is 3. The van der Waals surface area contributed by atoms with Crippen molar-refractivity contribution < 1.29 is 4.74 Å². The Hall–Kier alpha value is -1.24. The van der Waals surface area contributed by atoms with Gasteiger partial charge < -0.3 is 15.4 Å². The van der Waals surface area contributed by atoms with Crippen molar-refractivity contribution in [2.75, 3.05) is 35.8 Å². The number of nitrogens with one attached hydrogen (secondary N) is 2. The Morgan fingerprint density at radius 1 is 1.21 bits per heavy atom. The summed E-state index contributed by atoms with van der Waals surface area (Å²) in [4.78, 5) is 12.6. The van der Waals surface area contributed by atoms with Crippen molar-refractivity contribution in [3.63, 3.8) is 0 Å². The van der Waals surface area contributed by atoms with Gasteiger partial charge in [0, 0.05) is 13.1 Å². The van der Waals surface area contributed by atoms with Crippen LogP contribution < -0.4 is 15.4 Å². The minimum Gasteiger partial charge on any atom is -0.464 e. The summed E-state index contributed by atoms with van der Waals surface area (Å²) >= 11 is 1.94. The second-order valence-electron chi connectivity index (χ2n) is 3.98. The van der Waals surface area contributed by atoms with Crippen LogP contribution in [0.2, 0.25) is 0 Å². The summed E-state index contributed by atoms with van der Waals surface area (Å²) in [5.41, 5.74) is 0. The number of ether oxygens (including phenoxy) is 1. The van der Waals surface area contributed by atoms with Gasteiger partial charge in [-0.05, 0) is 31.8 Å². The summed E-state index contributed by atoms with van der Waals surface area (Å²) in [5, 5.41) is 6.18. The Balaban J connectivity index is 2.62. The molecule has 1 aromatic heterocycles. The largest absolute Gasteiger partial charge is 0.464 e. The Kier molecular flexibility index (Phi) is 7.32. The highest BCUT2D eigenvalue weighted by Gasteiger charge is 2.09. The molecule has 0 aliphatic heterocycles. The van der Waals surface area contributed by atoms with Crippen molar-refractivity contribution in [1.82, 2.24) is 15.0 Å². The summed E-state index contributed by atoms with van der Waals surface area (Å²) < 4.78 is 5.32. The van der Waals surface area contributed by atoms with Crippen LogP contribution in [0.4, 0.5) is 11.9 Å². The molecule has 1 aromatic rings. The van der Waals surface area contributed by atoms with Crippen molar-refractivity contribution in [2.24, 2.45) is 0 Å². The molecule has 0 aliphatic carbocycles. The molecule has 0 aliphatic rings. The van der Waals surface area contributed by atoms with Crippen LogP contribution in [-0.2, 0) is 0 Å². The van der Waals surface area contributed by atoms with Crippen LogP contribution in [0, 0.1) is 0 Å². The van der Waals surface area contributed by atoms with Crippen molar-refractivity contribution in [3.05, 3.63) is 0 Å². The fourth-order valence-electron chi connectivity index (χ4n) is 1.42. The van der Waals surface area contributed by atoms with Crippen LogP contribution in [0.5, 0.6) is 6.01 Å². The van der Waals surface area contributed by atoms with Crippen molar-refractivity contribution >= 4 is 23.7 Å². The first-order chi connectivity index (χ1) is 9.19. The minimum absolute atomic E-state index is 0.320. The average Bonchev–Trinajstić information content (AvgIpc) is 2.39. The van der Waals surface area contributed by atoms with E-state index in [0.717, 1.165) is 17.9 Å². The van der Waals surface area contributed by atoms with Crippen LogP contribution >= 0.6 is 11.8 Å². The second-order valence-corrected chi connectivity index (χ2v) is 5.37. The zero-order valence-corrected chi connectivity index (χ0v) is 12.9. The molecular weight excluding hydrogens is 262 g/mol. The van der Waals surface area contributed by atoms with E-state index in [1.165, 1.54) is 0 Å². The van der Waals surface area contributed by atoms with Gasteiger partial charge in [0.25, 0.3) is 0 Å². The monoisotopic (exact) mass is 285 g/mol. The third-order valence-electron chi connectivity index (χ3n) is 2.39. The molecule has 0 aromatic carbocycles. The second kappa shape index (κ2) is 8.79. The highest BCUT2D eigenvalue weighted by molar-refractivity contribution is 7.99. The molecule has 1 atom stereocenters. The molecule has 1 unspecified atom stereocenters. The lowest BCUT2D eigenvalue weighted by Gasteiger charge is -2.14. The highest BCUT2D eigenvalue weighted by atomic mass is 32.2. The molecule has 0 spiro atoms. The Morgan fingerprint density at radius 2 is 1.95 bits per heavy atom. The normalized spacial score (nSPS) is 12.0. The van der Waals surface area contributed by atoms with Gasteiger partial charge in [-0.3, -0.25) is 0 Å². The quantitative estimate of drug-likeness (QED) is 0.674.